The van der Waals surface area contributed by atoms with Gasteiger partial charge in [-0.1, -0.05) is 29.8 Å². The summed E-state index contributed by atoms with van der Waals surface area (Å²) in [6.45, 7) is 0.778. The fraction of sp³-hybridized carbons (Fsp3) is 0.579. The van der Waals surface area contributed by atoms with Crippen molar-refractivity contribution in [1.82, 2.24) is 14.4 Å². The van der Waals surface area contributed by atoms with Crippen molar-refractivity contribution in [2.45, 2.75) is 49.6 Å². The zero-order valence-electron chi connectivity index (χ0n) is 15.9. The standard InChI is InChI=1S/C19H22F3N3O3S/c1-29(26,27)25-10-6-13(7-11-25)16-23-17(24-28-16)18(8-3-9-18)14-4-2-5-15(12-14)19(20,21)22/h2,4-5,12-13H,3,6-11H2,1H3. The Morgan fingerprint density at radius 3 is 2.45 bits per heavy atom. The predicted molar refractivity (Wildman–Crippen MR) is 98.8 cm³/mol. The van der Waals surface area contributed by atoms with Crippen molar-refractivity contribution in [3.05, 3.63) is 47.1 Å². The normalized spacial score (nSPS) is 21.1. The zero-order chi connectivity index (χ0) is 20.9. The number of halogens is 3. The van der Waals surface area contributed by atoms with Crippen LogP contribution in [-0.4, -0.2) is 42.2 Å². The summed E-state index contributed by atoms with van der Waals surface area (Å²) >= 11 is 0. The lowest BCUT2D eigenvalue weighted by molar-refractivity contribution is -0.137. The first-order valence-electron chi connectivity index (χ1n) is 9.56. The van der Waals surface area contributed by atoms with Gasteiger partial charge in [0.1, 0.15) is 0 Å². The van der Waals surface area contributed by atoms with E-state index in [4.69, 9.17) is 4.52 Å². The van der Waals surface area contributed by atoms with Crippen molar-refractivity contribution in [2.75, 3.05) is 19.3 Å². The van der Waals surface area contributed by atoms with Crippen LogP contribution in [0.15, 0.2) is 28.8 Å². The second-order valence-corrected chi connectivity index (χ2v) is 9.89. The van der Waals surface area contributed by atoms with Gasteiger partial charge in [-0.15, -0.1) is 0 Å². The maximum absolute atomic E-state index is 13.1. The first-order chi connectivity index (χ1) is 13.6. The molecule has 0 unspecified atom stereocenters. The van der Waals surface area contributed by atoms with Crippen molar-refractivity contribution in [3.8, 4) is 0 Å². The highest BCUT2D eigenvalue weighted by Gasteiger charge is 2.46. The molecule has 0 atom stereocenters. The number of benzene rings is 1. The van der Waals surface area contributed by atoms with Crippen LogP contribution in [-0.2, 0) is 21.6 Å². The molecule has 2 fully saturated rings. The Bertz CT molecular complexity index is 991. The number of hydrogen-bond acceptors (Lipinski definition) is 5. The molecule has 1 aromatic heterocycles. The summed E-state index contributed by atoms with van der Waals surface area (Å²) in [6.07, 6.45) is 0.146. The summed E-state index contributed by atoms with van der Waals surface area (Å²) in [6, 6.07) is 5.35. The fourth-order valence-corrected chi connectivity index (χ4v) is 5.07. The molecule has 1 saturated heterocycles. The highest BCUT2D eigenvalue weighted by Crippen LogP contribution is 2.49. The SMILES string of the molecule is CS(=O)(=O)N1CCC(c2nc(C3(c4cccc(C(F)(F)F)c4)CCC3)no2)CC1. The zero-order valence-corrected chi connectivity index (χ0v) is 16.8. The van der Waals surface area contributed by atoms with Crippen LogP contribution in [0.4, 0.5) is 13.2 Å². The number of sulfonamides is 1. The van der Waals surface area contributed by atoms with E-state index in [0.29, 0.717) is 56.1 Å². The molecule has 158 valence electrons. The van der Waals surface area contributed by atoms with Crippen LogP contribution in [0.5, 0.6) is 0 Å². The van der Waals surface area contributed by atoms with Gasteiger partial charge in [-0.05, 0) is 37.3 Å². The Labute approximate surface area is 167 Å². The first kappa shape index (κ1) is 20.3. The molecule has 10 heteroatoms. The molecule has 0 amide bonds. The molecule has 1 saturated carbocycles. The fourth-order valence-electron chi connectivity index (χ4n) is 4.19. The average molecular weight is 429 g/mol. The molecule has 1 aliphatic heterocycles. The average Bonchev–Trinajstić information content (AvgIpc) is 3.10. The molecule has 1 aromatic carbocycles. The van der Waals surface area contributed by atoms with Gasteiger partial charge in [-0.3, -0.25) is 0 Å². The quantitative estimate of drug-likeness (QED) is 0.741. The van der Waals surface area contributed by atoms with E-state index in [9.17, 15) is 21.6 Å². The molecule has 2 aromatic rings. The van der Waals surface area contributed by atoms with Crippen LogP contribution in [0.3, 0.4) is 0 Å². The molecule has 0 spiro atoms. The van der Waals surface area contributed by atoms with E-state index >= 15 is 0 Å². The molecule has 0 radical (unpaired) electrons. The summed E-state index contributed by atoms with van der Waals surface area (Å²) in [5.41, 5.74) is -0.785. The largest absolute Gasteiger partial charge is 0.416 e. The molecular formula is C19H22F3N3O3S. The number of rotatable bonds is 4. The van der Waals surface area contributed by atoms with Gasteiger partial charge in [-0.2, -0.15) is 18.2 Å². The van der Waals surface area contributed by atoms with Crippen LogP contribution >= 0.6 is 0 Å². The number of alkyl halides is 3. The van der Waals surface area contributed by atoms with Crippen LogP contribution in [0, 0.1) is 0 Å². The molecule has 2 aliphatic rings. The maximum atomic E-state index is 13.1. The third-order valence-corrected chi connectivity index (χ3v) is 7.39. The minimum absolute atomic E-state index is 0.0483. The summed E-state index contributed by atoms with van der Waals surface area (Å²) in [4.78, 5) is 4.56. The number of piperidine rings is 1. The van der Waals surface area contributed by atoms with Crippen molar-refractivity contribution < 1.29 is 26.1 Å². The summed E-state index contributed by atoms with van der Waals surface area (Å²) < 4.78 is 69.7. The lowest BCUT2D eigenvalue weighted by Gasteiger charge is -2.39. The van der Waals surface area contributed by atoms with Gasteiger partial charge < -0.3 is 4.52 Å². The van der Waals surface area contributed by atoms with Gasteiger partial charge in [0, 0.05) is 19.0 Å². The van der Waals surface area contributed by atoms with Crippen LogP contribution in [0.2, 0.25) is 0 Å². The molecular weight excluding hydrogens is 407 g/mol. The Kier molecular flexibility index (Phi) is 4.97. The molecule has 0 bridgehead atoms. The van der Waals surface area contributed by atoms with Gasteiger partial charge >= 0.3 is 6.18 Å². The maximum Gasteiger partial charge on any atom is 0.416 e. The predicted octanol–water partition coefficient (Wildman–Crippen LogP) is 3.70. The van der Waals surface area contributed by atoms with Crippen molar-refractivity contribution in [3.63, 3.8) is 0 Å². The van der Waals surface area contributed by atoms with Crippen molar-refractivity contribution in [1.29, 1.82) is 0 Å². The Hall–Kier alpha value is -1.94. The van der Waals surface area contributed by atoms with Crippen molar-refractivity contribution in [2.24, 2.45) is 0 Å². The lowest BCUT2D eigenvalue weighted by Crippen LogP contribution is -2.38. The second-order valence-electron chi connectivity index (χ2n) is 7.91. The highest BCUT2D eigenvalue weighted by atomic mass is 32.2. The number of hydrogen-bond donors (Lipinski definition) is 0. The van der Waals surface area contributed by atoms with Crippen LogP contribution < -0.4 is 0 Å². The summed E-state index contributed by atoms with van der Waals surface area (Å²) in [5, 5.41) is 4.12. The number of aromatic nitrogens is 2. The monoisotopic (exact) mass is 429 g/mol. The van der Waals surface area contributed by atoms with Gasteiger partial charge in [0.2, 0.25) is 15.9 Å². The van der Waals surface area contributed by atoms with E-state index in [2.05, 4.69) is 10.1 Å². The third kappa shape index (κ3) is 3.79. The van der Waals surface area contributed by atoms with Gasteiger partial charge in [-0.25, -0.2) is 12.7 Å². The molecule has 6 nitrogen and oxygen atoms in total. The highest BCUT2D eigenvalue weighted by molar-refractivity contribution is 7.88. The lowest BCUT2D eigenvalue weighted by atomic mass is 9.63. The second kappa shape index (κ2) is 7.09. The minimum atomic E-state index is -4.41. The molecule has 1 aliphatic carbocycles. The topological polar surface area (TPSA) is 76.3 Å². The van der Waals surface area contributed by atoms with Crippen LogP contribution in [0.1, 0.15) is 60.9 Å². The third-order valence-electron chi connectivity index (χ3n) is 6.09. The molecule has 4 rings (SSSR count). The van der Waals surface area contributed by atoms with E-state index < -0.39 is 27.2 Å². The van der Waals surface area contributed by atoms with Gasteiger partial charge in [0.15, 0.2) is 5.82 Å². The Morgan fingerprint density at radius 1 is 1.21 bits per heavy atom. The van der Waals surface area contributed by atoms with E-state index in [1.54, 1.807) is 6.07 Å². The van der Waals surface area contributed by atoms with E-state index in [1.165, 1.54) is 22.7 Å². The number of nitrogens with zero attached hydrogens (tertiary/aromatic N) is 3. The Morgan fingerprint density at radius 2 is 1.90 bits per heavy atom. The first-order valence-corrected chi connectivity index (χ1v) is 11.4. The molecule has 0 N–H and O–H groups in total. The van der Waals surface area contributed by atoms with E-state index in [-0.39, 0.29) is 5.92 Å². The Balaban J connectivity index is 1.57. The van der Waals surface area contributed by atoms with Gasteiger partial charge in [0.25, 0.3) is 0 Å². The molecule has 2 heterocycles. The van der Waals surface area contributed by atoms with E-state index in [0.717, 1.165) is 12.5 Å². The van der Waals surface area contributed by atoms with Crippen molar-refractivity contribution >= 4 is 10.0 Å². The summed E-state index contributed by atoms with van der Waals surface area (Å²) in [5.74, 6) is 0.808. The minimum Gasteiger partial charge on any atom is -0.339 e. The summed E-state index contributed by atoms with van der Waals surface area (Å²) in [7, 11) is -3.22. The van der Waals surface area contributed by atoms with Crippen LogP contribution in [0.25, 0.3) is 0 Å². The molecule has 29 heavy (non-hydrogen) atoms. The smallest absolute Gasteiger partial charge is 0.339 e. The van der Waals surface area contributed by atoms with Gasteiger partial charge in [0.05, 0.1) is 17.2 Å². The van der Waals surface area contributed by atoms with E-state index in [1.807, 2.05) is 0 Å².